The van der Waals surface area contributed by atoms with Gasteiger partial charge in [0.1, 0.15) is 5.75 Å². The van der Waals surface area contributed by atoms with Gasteiger partial charge in [-0.25, -0.2) is 0 Å². The molecule has 0 saturated carbocycles. The zero-order valence-electron chi connectivity index (χ0n) is 17.7. The number of benzene rings is 2. The fraction of sp³-hybridized carbons (Fsp3) is 0.417. The van der Waals surface area contributed by atoms with E-state index in [1.54, 1.807) is 19.2 Å². The number of aryl methyl sites for hydroxylation is 1. The standard InChI is InChI=1S/C24H27N3O3/c1-25-10-9-24(16-5-4-6-19(11-16)30-3)14-23-20(12-17(24)15-25)21-13-18(27(28)29)7-8-22(21)26(23)2/h4-8,11,13,17H,9-10,12,14-15H2,1-3H3. The van der Waals surface area contributed by atoms with E-state index in [-0.39, 0.29) is 16.0 Å². The van der Waals surface area contributed by atoms with Crippen molar-refractivity contribution in [2.75, 3.05) is 27.2 Å². The molecule has 0 N–H and O–H groups in total. The normalized spacial score (nSPS) is 23.8. The number of nitro benzene ring substituents is 1. The van der Waals surface area contributed by atoms with Crippen molar-refractivity contribution in [1.29, 1.82) is 0 Å². The lowest BCUT2D eigenvalue weighted by molar-refractivity contribution is -0.384. The molecule has 2 atom stereocenters. The summed E-state index contributed by atoms with van der Waals surface area (Å²) in [4.78, 5) is 13.5. The minimum absolute atomic E-state index is 0.0577. The van der Waals surface area contributed by atoms with Crippen molar-refractivity contribution in [2.24, 2.45) is 13.0 Å². The summed E-state index contributed by atoms with van der Waals surface area (Å²) >= 11 is 0. The lowest BCUT2D eigenvalue weighted by Gasteiger charge is -2.50. The molecule has 1 saturated heterocycles. The molecule has 0 bridgehead atoms. The van der Waals surface area contributed by atoms with Gasteiger partial charge in [0.05, 0.1) is 12.0 Å². The van der Waals surface area contributed by atoms with Crippen LogP contribution >= 0.6 is 0 Å². The monoisotopic (exact) mass is 405 g/mol. The number of hydrogen-bond acceptors (Lipinski definition) is 4. The summed E-state index contributed by atoms with van der Waals surface area (Å²) in [5, 5.41) is 12.4. The van der Waals surface area contributed by atoms with Crippen LogP contribution in [0.15, 0.2) is 42.5 Å². The number of piperidine rings is 1. The van der Waals surface area contributed by atoms with Crippen molar-refractivity contribution in [3.05, 3.63) is 69.4 Å². The highest BCUT2D eigenvalue weighted by Gasteiger charge is 2.48. The molecule has 30 heavy (non-hydrogen) atoms. The summed E-state index contributed by atoms with van der Waals surface area (Å²) < 4.78 is 7.80. The first-order valence-electron chi connectivity index (χ1n) is 10.5. The Labute approximate surface area is 176 Å². The first-order valence-corrected chi connectivity index (χ1v) is 10.5. The van der Waals surface area contributed by atoms with Gasteiger partial charge in [0, 0.05) is 47.7 Å². The molecule has 2 unspecified atom stereocenters. The molecule has 5 rings (SSSR count). The Morgan fingerprint density at radius 2 is 2.03 bits per heavy atom. The van der Waals surface area contributed by atoms with Gasteiger partial charge in [-0.15, -0.1) is 0 Å². The smallest absolute Gasteiger partial charge is 0.270 e. The number of nitrogens with zero attached hydrogens (tertiary/aromatic N) is 3. The van der Waals surface area contributed by atoms with E-state index in [0.29, 0.717) is 5.92 Å². The molecule has 1 fully saturated rings. The second-order valence-electron chi connectivity index (χ2n) is 8.92. The van der Waals surface area contributed by atoms with Gasteiger partial charge in [0.2, 0.25) is 0 Å². The molecule has 1 aliphatic heterocycles. The Morgan fingerprint density at radius 1 is 1.20 bits per heavy atom. The summed E-state index contributed by atoms with van der Waals surface area (Å²) in [6.45, 7) is 2.10. The zero-order chi connectivity index (χ0) is 21.0. The van der Waals surface area contributed by atoms with Gasteiger partial charge in [-0.3, -0.25) is 10.1 Å². The molecule has 0 amide bonds. The lowest BCUT2D eigenvalue weighted by Crippen LogP contribution is -2.53. The predicted octanol–water partition coefficient (Wildman–Crippen LogP) is 4.08. The first kappa shape index (κ1) is 19.1. The largest absolute Gasteiger partial charge is 0.497 e. The third-order valence-corrected chi connectivity index (χ3v) is 7.46. The van der Waals surface area contributed by atoms with Crippen LogP contribution in [0, 0.1) is 16.0 Å². The van der Waals surface area contributed by atoms with E-state index in [1.807, 2.05) is 12.1 Å². The van der Waals surface area contributed by atoms with Crippen LogP contribution in [0.25, 0.3) is 10.9 Å². The summed E-state index contributed by atoms with van der Waals surface area (Å²) in [6.07, 6.45) is 2.99. The van der Waals surface area contributed by atoms with E-state index >= 15 is 0 Å². The van der Waals surface area contributed by atoms with Gasteiger partial charge >= 0.3 is 0 Å². The van der Waals surface area contributed by atoms with Gasteiger partial charge in [0.15, 0.2) is 0 Å². The maximum Gasteiger partial charge on any atom is 0.270 e. The summed E-state index contributed by atoms with van der Waals surface area (Å²) in [5.74, 6) is 1.36. The Balaban J connectivity index is 1.69. The van der Waals surface area contributed by atoms with Gasteiger partial charge in [-0.1, -0.05) is 12.1 Å². The number of aromatic nitrogens is 1. The van der Waals surface area contributed by atoms with Crippen molar-refractivity contribution in [2.45, 2.75) is 24.7 Å². The van der Waals surface area contributed by atoms with Crippen LogP contribution in [0.1, 0.15) is 23.2 Å². The molecule has 0 spiro atoms. The number of methoxy groups -OCH3 is 1. The molecule has 0 radical (unpaired) electrons. The second kappa shape index (κ2) is 6.84. The number of rotatable bonds is 3. The van der Waals surface area contributed by atoms with Crippen molar-refractivity contribution in [3.63, 3.8) is 0 Å². The van der Waals surface area contributed by atoms with Crippen LogP contribution in [-0.4, -0.2) is 41.6 Å². The molecular formula is C24H27N3O3. The fourth-order valence-corrected chi connectivity index (χ4v) is 5.82. The number of likely N-dealkylation sites (tertiary alicyclic amines) is 1. The number of nitro groups is 1. The van der Waals surface area contributed by atoms with Gasteiger partial charge < -0.3 is 14.2 Å². The van der Waals surface area contributed by atoms with Crippen LogP contribution < -0.4 is 4.74 Å². The molecule has 2 heterocycles. The number of non-ortho nitro benzene ring substituents is 1. The van der Waals surface area contributed by atoms with Crippen LogP contribution in [-0.2, 0) is 25.3 Å². The van der Waals surface area contributed by atoms with E-state index in [2.05, 4.69) is 41.8 Å². The fourth-order valence-electron chi connectivity index (χ4n) is 5.82. The average Bonchev–Trinajstić information content (AvgIpc) is 3.03. The first-order chi connectivity index (χ1) is 14.4. The third-order valence-electron chi connectivity index (χ3n) is 7.46. The van der Waals surface area contributed by atoms with E-state index in [9.17, 15) is 10.1 Å². The van der Waals surface area contributed by atoms with Crippen LogP contribution in [0.5, 0.6) is 5.75 Å². The van der Waals surface area contributed by atoms with E-state index in [1.165, 1.54) is 16.8 Å². The molecule has 156 valence electrons. The highest BCUT2D eigenvalue weighted by molar-refractivity contribution is 5.88. The lowest BCUT2D eigenvalue weighted by atomic mass is 9.59. The Kier molecular flexibility index (Phi) is 4.36. The molecule has 1 aliphatic carbocycles. The summed E-state index contributed by atoms with van der Waals surface area (Å²) in [7, 11) is 6.01. The van der Waals surface area contributed by atoms with Crippen molar-refractivity contribution in [3.8, 4) is 5.75 Å². The van der Waals surface area contributed by atoms with Crippen molar-refractivity contribution >= 4 is 16.6 Å². The zero-order valence-corrected chi connectivity index (χ0v) is 17.7. The third kappa shape index (κ3) is 2.74. The average molecular weight is 405 g/mol. The van der Waals surface area contributed by atoms with E-state index in [0.717, 1.165) is 49.0 Å². The predicted molar refractivity (Wildman–Crippen MR) is 117 cm³/mol. The van der Waals surface area contributed by atoms with E-state index < -0.39 is 0 Å². The quantitative estimate of drug-likeness (QED) is 0.487. The molecule has 3 aromatic rings. The Bertz CT molecular complexity index is 1150. The number of ether oxygens (including phenoxy) is 1. The molecule has 6 heteroatoms. The van der Waals surface area contributed by atoms with Crippen LogP contribution in [0.3, 0.4) is 0 Å². The van der Waals surface area contributed by atoms with Gasteiger partial charge in [-0.2, -0.15) is 0 Å². The van der Waals surface area contributed by atoms with Crippen LogP contribution in [0.2, 0.25) is 0 Å². The van der Waals surface area contributed by atoms with Gasteiger partial charge in [0.25, 0.3) is 5.69 Å². The van der Waals surface area contributed by atoms with E-state index in [4.69, 9.17) is 4.74 Å². The topological polar surface area (TPSA) is 60.5 Å². The van der Waals surface area contributed by atoms with Crippen molar-refractivity contribution < 1.29 is 9.66 Å². The molecule has 2 aromatic carbocycles. The second-order valence-corrected chi connectivity index (χ2v) is 8.92. The number of fused-ring (bicyclic) bond motifs is 4. The molecule has 6 nitrogen and oxygen atoms in total. The molecule has 1 aromatic heterocycles. The molecule has 2 aliphatic rings. The van der Waals surface area contributed by atoms with Crippen LogP contribution in [0.4, 0.5) is 5.69 Å². The highest BCUT2D eigenvalue weighted by Crippen LogP contribution is 2.50. The number of hydrogen-bond donors (Lipinski definition) is 0. The van der Waals surface area contributed by atoms with Crippen molar-refractivity contribution in [1.82, 2.24) is 9.47 Å². The minimum Gasteiger partial charge on any atom is -0.497 e. The Hall–Kier alpha value is -2.86. The molecular weight excluding hydrogens is 378 g/mol. The van der Waals surface area contributed by atoms with Gasteiger partial charge in [-0.05, 0) is 68.1 Å². The SMILES string of the molecule is COc1cccc(C23CCN(C)CC2Cc2c(n(C)c4ccc([N+](=O)[O-])cc24)C3)c1. The maximum atomic E-state index is 11.4. The minimum atomic E-state index is -0.295. The summed E-state index contributed by atoms with van der Waals surface area (Å²) in [5.41, 5.74) is 5.26. The summed E-state index contributed by atoms with van der Waals surface area (Å²) in [6, 6.07) is 13.8. The Morgan fingerprint density at radius 3 is 2.80 bits per heavy atom. The highest BCUT2D eigenvalue weighted by atomic mass is 16.6. The maximum absolute atomic E-state index is 11.4.